The van der Waals surface area contributed by atoms with E-state index < -0.39 is 0 Å². The molecule has 1 fully saturated rings. The second-order valence-corrected chi connectivity index (χ2v) is 6.31. The van der Waals surface area contributed by atoms with Gasteiger partial charge in [0.25, 0.3) is 5.91 Å². The highest BCUT2D eigenvalue weighted by atomic mass is 16.2. The van der Waals surface area contributed by atoms with Crippen molar-refractivity contribution in [1.82, 2.24) is 29.7 Å². The van der Waals surface area contributed by atoms with Gasteiger partial charge < -0.3 is 9.80 Å². The molecule has 1 aliphatic rings. The second-order valence-electron chi connectivity index (χ2n) is 6.31. The third kappa shape index (κ3) is 3.41. The Morgan fingerprint density at radius 1 is 1.29 bits per heavy atom. The highest BCUT2D eigenvalue weighted by Crippen LogP contribution is 2.33. The Bertz CT molecular complexity index is 718. The molecule has 0 aromatic carbocycles. The average molecular weight is 326 g/mol. The molecule has 0 aliphatic carbocycles. The fourth-order valence-electron chi connectivity index (χ4n) is 3.11. The molecule has 1 saturated heterocycles. The van der Waals surface area contributed by atoms with Crippen LogP contribution in [0.3, 0.4) is 0 Å². The smallest absolute Gasteiger partial charge is 0.274 e. The van der Waals surface area contributed by atoms with Crippen LogP contribution in [0.4, 0.5) is 0 Å². The number of rotatable bonds is 4. The van der Waals surface area contributed by atoms with Crippen LogP contribution in [-0.2, 0) is 6.54 Å². The lowest BCUT2D eigenvalue weighted by molar-refractivity contribution is 0.0725. The van der Waals surface area contributed by atoms with Crippen molar-refractivity contribution in [2.24, 2.45) is 0 Å². The summed E-state index contributed by atoms with van der Waals surface area (Å²) in [5, 5.41) is 0. The quantitative estimate of drug-likeness (QED) is 0.850. The van der Waals surface area contributed by atoms with Gasteiger partial charge in [-0.15, -0.1) is 0 Å². The molecule has 0 N–H and O–H groups in total. The molecule has 2 aromatic heterocycles. The third-order valence-electron chi connectivity index (χ3n) is 4.12. The molecule has 0 saturated carbocycles. The van der Waals surface area contributed by atoms with Crippen molar-refractivity contribution in [1.29, 1.82) is 0 Å². The lowest BCUT2D eigenvalue weighted by Crippen LogP contribution is -2.32. The van der Waals surface area contributed by atoms with Crippen molar-refractivity contribution in [3.8, 4) is 0 Å². The Kier molecular flexibility index (Phi) is 4.80. The van der Waals surface area contributed by atoms with Crippen molar-refractivity contribution < 1.29 is 4.79 Å². The van der Waals surface area contributed by atoms with Crippen LogP contribution in [0.25, 0.3) is 0 Å². The summed E-state index contributed by atoms with van der Waals surface area (Å²) >= 11 is 0. The highest BCUT2D eigenvalue weighted by Gasteiger charge is 2.33. The molecular formula is C17H22N6O. The van der Waals surface area contributed by atoms with Gasteiger partial charge in [-0.3, -0.25) is 9.78 Å². The van der Waals surface area contributed by atoms with E-state index in [0.29, 0.717) is 12.2 Å². The third-order valence-corrected chi connectivity index (χ3v) is 4.12. The van der Waals surface area contributed by atoms with Crippen LogP contribution in [0.1, 0.15) is 46.5 Å². The van der Waals surface area contributed by atoms with E-state index in [1.165, 1.54) is 6.20 Å². The zero-order chi connectivity index (χ0) is 17.1. The van der Waals surface area contributed by atoms with Gasteiger partial charge >= 0.3 is 0 Å². The summed E-state index contributed by atoms with van der Waals surface area (Å²) in [4.78, 5) is 33.9. The summed E-state index contributed by atoms with van der Waals surface area (Å²) in [6.07, 6.45) is 8.38. The molecule has 2 aromatic rings. The van der Waals surface area contributed by atoms with Crippen LogP contribution in [-0.4, -0.2) is 56.3 Å². The molecule has 7 heteroatoms. The standard InChI is InChI=1S/C17H22N6O/c1-12-20-9-13(11-22(2)3)16(21-12)15-5-4-8-23(15)17(24)14-10-18-6-7-19-14/h6-7,9-10,15H,4-5,8,11H2,1-3H3/t15-/m1/s1. The number of carbonyl (C=O) groups excluding carboxylic acids is 1. The molecule has 1 atom stereocenters. The minimum absolute atomic E-state index is 0.0313. The first-order valence-electron chi connectivity index (χ1n) is 8.10. The van der Waals surface area contributed by atoms with E-state index in [-0.39, 0.29) is 11.9 Å². The molecular weight excluding hydrogens is 304 g/mol. The number of aryl methyl sites for hydroxylation is 1. The van der Waals surface area contributed by atoms with Crippen molar-refractivity contribution in [3.05, 3.63) is 47.6 Å². The molecule has 1 aliphatic heterocycles. The lowest BCUT2D eigenvalue weighted by atomic mass is 10.1. The summed E-state index contributed by atoms with van der Waals surface area (Å²) < 4.78 is 0. The van der Waals surface area contributed by atoms with E-state index in [2.05, 4.69) is 24.8 Å². The number of likely N-dealkylation sites (tertiary alicyclic amines) is 1. The monoisotopic (exact) mass is 326 g/mol. The van der Waals surface area contributed by atoms with E-state index >= 15 is 0 Å². The lowest BCUT2D eigenvalue weighted by Gasteiger charge is -2.26. The highest BCUT2D eigenvalue weighted by molar-refractivity contribution is 5.92. The van der Waals surface area contributed by atoms with Crippen molar-refractivity contribution in [3.63, 3.8) is 0 Å². The first-order valence-corrected chi connectivity index (χ1v) is 8.10. The van der Waals surface area contributed by atoms with Gasteiger partial charge in [0.1, 0.15) is 11.5 Å². The van der Waals surface area contributed by atoms with Crippen LogP contribution in [0, 0.1) is 6.92 Å². The van der Waals surface area contributed by atoms with E-state index in [0.717, 1.165) is 36.5 Å². The first-order chi connectivity index (χ1) is 11.6. The van der Waals surface area contributed by atoms with Crippen LogP contribution in [0.15, 0.2) is 24.8 Å². The zero-order valence-corrected chi connectivity index (χ0v) is 14.3. The summed E-state index contributed by atoms with van der Waals surface area (Å²) in [7, 11) is 4.03. The number of aromatic nitrogens is 4. The van der Waals surface area contributed by atoms with Gasteiger partial charge in [-0.25, -0.2) is 15.0 Å². The SMILES string of the molecule is Cc1ncc(CN(C)C)c([C@H]2CCCN2C(=O)c2cnccn2)n1. The minimum Gasteiger partial charge on any atom is -0.329 e. The molecule has 24 heavy (non-hydrogen) atoms. The zero-order valence-electron chi connectivity index (χ0n) is 14.3. The van der Waals surface area contributed by atoms with Gasteiger partial charge in [0.2, 0.25) is 0 Å². The van der Waals surface area contributed by atoms with Gasteiger partial charge in [-0.1, -0.05) is 0 Å². The molecule has 3 heterocycles. The summed E-state index contributed by atoms with van der Waals surface area (Å²) in [6.45, 7) is 3.34. The Balaban J connectivity index is 1.93. The maximum atomic E-state index is 12.8. The van der Waals surface area contributed by atoms with Crippen LogP contribution >= 0.6 is 0 Å². The van der Waals surface area contributed by atoms with E-state index in [9.17, 15) is 4.79 Å². The van der Waals surface area contributed by atoms with E-state index in [1.54, 1.807) is 12.4 Å². The van der Waals surface area contributed by atoms with Crippen LogP contribution in [0.2, 0.25) is 0 Å². The van der Waals surface area contributed by atoms with Gasteiger partial charge in [0.15, 0.2) is 0 Å². The molecule has 126 valence electrons. The number of hydrogen-bond acceptors (Lipinski definition) is 6. The number of carbonyl (C=O) groups is 1. The number of hydrogen-bond donors (Lipinski definition) is 0. The fraction of sp³-hybridized carbons (Fsp3) is 0.471. The summed E-state index contributed by atoms with van der Waals surface area (Å²) in [6, 6.07) is -0.0313. The molecule has 0 unspecified atom stereocenters. The maximum absolute atomic E-state index is 12.8. The largest absolute Gasteiger partial charge is 0.329 e. The Hall–Kier alpha value is -2.41. The number of amides is 1. The Labute approximate surface area is 141 Å². The number of nitrogens with zero attached hydrogens (tertiary/aromatic N) is 6. The van der Waals surface area contributed by atoms with Gasteiger partial charge in [0, 0.05) is 37.2 Å². The molecule has 0 spiro atoms. The fourth-order valence-corrected chi connectivity index (χ4v) is 3.11. The Morgan fingerprint density at radius 3 is 2.83 bits per heavy atom. The second kappa shape index (κ2) is 7.00. The Morgan fingerprint density at radius 2 is 2.12 bits per heavy atom. The van der Waals surface area contributed by atoms with E-state index in [1.807, 2.05) is 32.1 Å². The summed E-state index contributed by atoms with van der Waals surface area (Å²) in [5.41, 5.74) is 2.39. The van der Waals surface area contributed by atoms with Crippen LogP contribution < -0.4 is 0 Å². The predicted molar refractivity (Wildman–Crippen MR) is 89.2 cm³/mol. The van der Waals surface area contributed by atoms with E-state index in [4.69, 9.17) is 0 Å². The molecule has 0 bridgehead atoms. The van der Waals surface area contributed by atoms with Crippen molar-refractivity contribution in [2.75, 3.05) is 20.6 Å². The molecule has 3 rings (SSSR count). The molecule has 1 amide bonds. The van der Waals surface area contributed by atoms with Gasteiger partial charge in [-0.2, -0.15) is 0 Å². The first kappa shape index (κ1) is 16.4. The van der Waals surface area contributed by atoms with Gasteiger partial charge in [0.05, 0.1) is 17.9 Å². The minimum atomic E-state index is -0.0855. The topological polar surface area (TPSA) is 75.1 Å². The van der Waals surface area contributed by atoms with Crippen LogP contribution in [0.5, 0.6) is 0 Å². The average Bonchev–Trinajstić information content (AvgIpc) is 3.05. The normalized spacial score (nSPS) is 17.5. The summed E-state index contributed by atoms with van der Waals surface area (Å²) in [5.74, 6) is 0.643. The predicted octanol–water partition coefficient (Wildman–Crippen LogP) is 1.61. The van der Waals surface area contributed by atoms with Crippen molar-refractivity contribution in [2.45, 2.75) is 32.4 Å². The van der Waals surface area contributed by atoms with Crippen molar-refractivity contribution >= 4 is 5.91 Å². The molecule has 7 nitrogen and oxygen atoms in total. The van der Waals surface area contributed by atoms with Gasteiger partial charge in [-0.05, 0) is 33.9 Å². The maximum Gasteiger partial charge on any atom is 0.274 e. The molecule has 0 radical (unpaired) electrons.